The number of nitriles is 2. The number of anilines is 2. The molecule has 2 aromatic carbocycles. The van der Waals surface area contributed by atoms with E-state index in [1.165, 1.54) is 17.1 Å². The molecule has 0 bridgehead atoms. The van der Waals surface area contributed by atoms with Crippen molar-refractivity contribution < 1.29 is 8.78 Å². The van der Waals surface area contributed by atoms with Gasteiger partial charge in [0.1, 0.15) is 31.2 Å². The predicted octanol–water partition coefficient (Wildman–Crippen LogP) is 5.38. The molecule has 8 nitrogen and oxygen atoms in total. The van der Waals surface area contributed by atoms with Gasteiger partial charge in [-0.05, 0) is 42.0 Å². The third kappa shape index (κ3) is 5.18. The number of halogens is 3. The number of fused-ring (bicyclic) bond motifs is 1. The fraction of sp³-hybridized carbons (Fsp3) is 0.345. The summed E-state index contributed by atoms with van der Waals surface area (Å²) in [6.07, 6.45) is 1.06. The van der Waals surface area contributed by atoms with E-state index in [2.05, 4.69) is 58.8 Å². The molecule has 41 heavy (non-hydrogen) atoms. The largest absolute Gasteiger partial charge is 0.383 e. The van der Waals surface area contributed by atoms with Gasteiger partial charge in [-0.3, -0.25) is 4.98 Å². The number of alkyl halides is 2. The van der Waals surface area contributed by atoms with Gasteiger partial charge in [0.15, 0.2) is 0 Å². The van der Waals surface area contributed by atoms with Crippen molar-refractivity contribution in [3.05, 3.63) is 76.2 Å². The number of hydrogen-bond acceptors (Lipinski definition) is 7. The first kappa shape index (κ1) is 28.3. The molecule has 0 spiro atoms. The van der Waals surface area contributed by atoms with Crippen LogP contribution in [-0.2, 0) is 11.0 Å². The zero-order chi connectivity index (χ0) is 29.6. The number of nitrogens with zero attached hydrogens (tertiary/aromatic N) is 6. The van der Waals surface area contributed by atoms with Crippen molar-refractivity contribution in [2.24, 2.45) is 5.41 Å². The van der Waals surface area contributed by atoms with Crippen LogP contribution in [0.2, 0.25) is 5.02 Å². The Hall–Kier alpha value is -4.22. The second-order valence-electron chi connectivity index (χ2n) is 11.8. The van der Waals surface area contributed by atoms with Crippen LogP contribution < -0.4 is 10.6 Å². The molecule has 1 aliphatic carbocycles. The highest BCUT2D eigenvalue weighted by Crippen LogP contribution is 2.48. The van der Waals surface area contributed by atoms with Crippen molar-refractivity contribution in [2.75, 3.05) is 17.2 Å². The van der Waals surface area contributed by atoms with E-state index < -0.39 is 17.4 Å². The maximum atomic E-state index is 13.9. The maximum absolute atomic E-state index is 13.9. The topological polar surface area (TPSA) is 115 Å². The maximum Gasteiger partial charge on any atom is 0.263 e. The molecular formula is C29H28BClF2N8. The standard InChI is InChI=1S/C29H28BClF2N8/c1-27(2,3)16-37-25-18(13-35)14-36-24-17(12-34)10-19(11-20(24)25)38-29(30,21-6-4-5-7-22(21)31)23-15-41(40-39-23)28(8-9-28)26(32)33/h4-7,10-11,14-15,26,38H,8-9,16,30H2,1-3H3,(H,36,37). The Kier molecular flexibility index (Phi) is 7.13. The molecule has 1 fully saturated rings. The van der Waals surface area contributed by atoms with Crippen LogP contribution >= 0.6 is 11.6 Å². The molecule has 0 saturated heterocycles. The summed E-state index contributed by atoms with van der Waals surface area (Å²) in [4.78, 5) is 4.42. The van der Waals surface area contributed by atoms with Crippen LogP contribution in [0.3, 0.4) is 0 Å². The average molecular weight is 573 g/mol. The van der Waals surface area contributed by atoms with E-state index >= 15 is 0 Å². The van der Waals surface area contributed by atoms with E-state index in [1.54, 1.807) is 18.2 Å². The van der Waals surface area contributed by atoms with Gasteiger partial charge in [-0.15, -0.1) is 5.10 Å². The minimum atomic E-state index is -2.57. The van der Waals surface area contributed by atoms with E-state index in [1.807, 2.05) is 26.0 Å². The quantitative estimate of drug-likeness (QED) is 0.272. The first-order valence-corrected chi connectivity index (χ1v) is 13.6. The Balaban J connectivity index is 1.67. The molecule has 2 aromatic heterocycles. The number of pyridine rings is 1. The molecule has 4 aromatic rings. The third-order valence-corrected chi connectivity index (χ3v) is 7.77. The molecule has 0 amide bonds. The number of rotatable bonds is 8. The van der Waals surface area contributed by atoms with E-state index in [0.29, 0.717) is 69.1 Å². The van der Waals surface area contributed by atoms with Gasteiger partial charge in [0.2, 0.25) is 0 Å². The second kappa shape index (κ2) is 10.3. The van der Waals surface area contributed by atoms with Gasteiger partial charge in [-0.1, -0.05) is 55.8 Å². The van der Waals surface area contributed by atoms with Crippen LogP contribution in [-0.4, -0.2) is 40.8 Å². The summed E-state index contributed by atoms with van der Waals surface area (Å²) in [6, 6.07) is 15.1. The summed E-state index contributed by atoms with van der Waals surface area (Å²) in [5, 5.41) is 36.2. The van der Waals surface area contributed by atoms with Crippen molar-refractivity contribution >= 4 is 41.7 Å². The highest BCUT2D eigenvalue weighted by Gasteiger charge is 2.54. The SMILES string of the molecule is BC(Nc1cc(C#N)c2ncc(C#N)c(NCC(C)(C)C)c2c1)(c1cn(C2(C(F)F)CC2)nn1)c1ccccc1Cl. The van der Waals surface area contributed by atoms with Crippen LogP contribution in [0.4, 0.5) is 20.2 Å². The fourth-order valence-electron chi connectivity index (χ4n) is 4.90. The van der Waals surface area contributed by atoms with E-state index in [0.717, 1.165) is 0 Å². The smallest absolute Gasteiger partial charge is 0.263 e. The summed E-state index contributed by atoms with van der Waals surface area (Å²) in [7, 11) is 1.84. The molecule has 1 aliphatic rings. The average Bonchev–Trinajstić information content (AvgIpc) is 3.59. The molecule has 208 valence electrons. The summed E-state index contributed by atoms with van der Waals surface area (Å²) in [5.74, 6) is 0. The van der Waals surface area contributed by atoms with Gasteiger partial charge in [0, 0.05) is 28.8 Å². The van der Waals surface area contributed by atoms with Crippen molar-refractivity contribution in [1.29, 1.82) is 10.5 Å². The first-order valence-electron chi connectivity index (χ1n) is 13.2. The number of aromatic nitrogens is 4. The van der Waals surface area contributed by atoms with E-state index in [4.69, 9.17) is 11.6 Å². The lowest BCUT2D eigenvalue weighted by Crippen LogP contribution is -2.38. The molecule has 1 atom stereocenters. The van der Waals surface area contributed by atoms with Gasteiger partial charge in [0.05, 0.1) is 34.0 Å². The minimum absolute atomic E-state index is 0.0815. The molecule has 0 aliphatic heterocycles. The number of nitrogens with one attached hydrogen (secondary N) is 2. The lowest BCUT2D eigenvalue weighted by atomic mass is 9.69. The lowest BCUT2D eigenvalue weighted by molar-refractivity contribution is 0.0593. The van der Waals surface area contributed by atoms with Gasteiger partial charge in [-0.25, -0.2) is 13.5 Å². The van der Waals surface area contributed by atoms with Crippen molar-refractivity contribution in [2.45, 2.75) is 51.0 Å². The monoisotopic (exact) mass is 572 g/mol. The number of hydrogen-bond donors (Lipinski definition) is 2. The molecular weight excluding hydrogens is 545 g/mol. The molecule has 1 unspecified atom stereocenters. The Labute approximate surface area is 242 Å². The van der Waals surface area contributed by atoms with Crippen LogP contribution in [0.15, 0.2) is 48.8 Å². The molecule has 5 rings (SSSR count). The molecule has 0 radical (unpaired) electrons. The Morgan fingerprint density at radius 2 is 1.85 bits per heavy atom. The van der Waals surface area contributed by atoms with E-state index in [-0.39, 0.29) is 5.41 Å². The normalized spacial score (nSPS) is 15.6. The predicted molar refractivity (Wildman–Crippen MR) is 157 cm³/mol. The van der Waals surface area contributed by atoms with Crippen LogP contribution in [0.25, 0.3) is 10.9 Å². The second-order valence-corrected chi connectivity index (χ2v) is 12.2. The zero-order valence-electron chi connectivity index (χ0n) is 23.1. The highest BCUT2D eigenvalue weighted by molar-refractivity contribution is 6.33. The number of benzene rings is 2. The Bertz CT molecular complexity index is 1710. The summed E-state index contributed by atoms with van der Waals surface area (Å²) < 4.78 is 29.0. The highest BCUT2D eigenvalue weighted by atomic mass is 35.5. The van der Waals surface area contributed by atoms with Gasteiger partial charge in [-0.2, -0.15) is 10.5 Å². The molecule has 12 heteroatoms. The summed E-state index contributed by atoms with van der Waals surface area (Å²) >= 11 is 6.66. The van der Waals surface area contributed by atoms with Crippen molar-refractivity contribution in [1.82, 2.24) is 20.0 Å². The van der Waals surface area contributed by atoms with Crippen molar-refractivity contribution in [3.63, 3.8) is 0 Å². The Morgan fingerprint density at radius 3 is 2.46 bits per heavy atom. The van der Waals surface area contributed by atoms with E-state index in [9.17, 15) is 19.3 Å². The first-order chi connectivity index (χ1) is 19.4. The van der Waals surface area contributed by atoms with Crippen LogP contribution in [0, 0.1) is 28.1 Å². The minimum Gasteiger partial charge on any atom is -0.383 e. The van der Waals surface area contributed by atoms with Crippen LogP contribution in [0.5, 0.6) is 0 Å². The third-order valence-electron chi connectivity index (χ3n) is 7.45. The summed E-state index contributed by atoms with van der Waals surface area (Å²) in [5.41, 5.74) is 0.658. The van der Waals surface area contributed by atoms with Gasteiger partial charge >= 0.3 is 0 Å². The lowest BCUT2D eigenvalue weighted by Gasteiger charge is -2.32. The van der Waals surface area contributed by atoms with Gasteiger partial charge in [0.25, 0.3) is 6.43 Å². The summed E-state index contributed by atoms with van der Waals surface area (Å²) in [6.45, 7) is 6.80. The molecule has 2 N–H and O–H groups in total. The van der Waals surface area contributed by atoms with Crippen LogP contribution in [0.1, 0.15) is 56.0 Å². The van der Waals surface area contributed by atoms with Gasteiger partial charge < -0.3 is 10.6 Å². The van der Waals surface area contributed by atoms with Crippen molar-refractivity contribution in [3.8, 4) is 12.1 Å². The molecule has 1 saturated carbocycles. The Morgan fingerprint density at radius 1 is 1.15 bits per heavy atom. The zero-order valence-corrected chi connectivity index (χ0v) is 23.9. The fourth-order valence-corrected chi connectivity index (χ4v) is 5.22. The molecule has 2 heterocycles.